The van der Waals surface area contributed by atoms with Crippen molar-refractivity contribution in [3.05, 3.63) is 47.5 Å². The van der Waals surface area contributed by atoms with Crippen LogP contribution in [0.25, 0.3) is 0 Å². The molecule has 4 nitrogen and oxygen atoms in total. The predicted octanol–water partition coefficient (Wildman–Crippen LogP) is 3.69. The maximum Gasteiger partial charge on any atom is 0.309 e. The molecule has 2 rings (SSSR count). The summed E-state index contributed by atoms with van der Waals surface area (Å²) in [5.41, 5.74) is 2.63. The summed E-state index contributed by atoms with van der Waals surface area (Å²) in [5.74, 6) is -0.223. The van der Waals surface area contributed by atoms with E-state index >= 15 is 0 Å². The molecule has 0 saturated heterocycles. The number of Topliss-reactive ketones (excluding diaryl/α,β-unsaturated/α-hetero) is 1. The number of rotatable bonds is 7. The molecule has 1 aliphatic heterocycles. The van der Waals surface area contributed by atoms with Gasteiger partial charge in [0.2, 0.25) is 0 Å². The van der Waals surface area contributed by atoms with Gasteiger partial charge in [-0.25, -0.2) is 0 Å². The molecule has 128 valence electrons. The molecule has 0 amide bonds. The Morgan fingerprint density at radius 2 is 2.04 bits per heavy atom. The number of aliphatic imine (C=N–C) groups is 1. The fraction of sp³-hybridized carbons (Fsp3) is 0.450. The molecule has 0 aliphatic carbocycles. The van der Waals surface area contributed by atoms with E-state index < -0.39 is 0 Å². The topological polar surface area (TPSA) is 55.7 Å². The lowest BCUT2D eigenvalue weighted by Crippen LogP contribution is -2.27. The van der Waals surface area contributed by atoms with Gasteiger partial charge in [0.15, 0.2) is 5.78 Å². The van der Waals surface area contributed by atoms with Crippen LogP contribution in [0.4, 0.5) is 0 Å². The van der Waals surface area contributed by atoms with E-state index in [0.717, 1.165) is 25.0 Å². The maximum absolute atomic E-state index is 12.5. The Morgan fingerprint density at radius 3 is 2.71 bits per heavy atom. The zero-order valence-electron chi connectivity index (χ0n) is 14.5. The molecule has 1 aromatic carbocycles. The van der Waals surface area contributed by atoms with Crippen molar-refractivity contribution in [3.8, 4) is 0 Å². The van der Waals surface area contributed by atoms with Crippen LogP contribution in [-0.4, -0.2) is 30.1 Å². The first-order valence-electron chi connectivity index (χ1n) is 8.64. The molecule has 0 aromatic heterocycles. The highest BCUT2D eigenvalue weighted by Gasteiger charge is 2.26. The lowest BCUT2D eigenvalue weighted by Gasteiger charge is -2.22. The van der Waals surface area contributed by atoms with Crippen LogP contribution in [0.5, 0.6) is 0 Å². The number of carbonyl (C=O) groups excluding carboxylic acids is 2. The Bertz CT molecular complexity index is 632. The second kappa shape index (κ2) is 9.16. The van der Waals surface area contributed by atoms with Crippen LogP contribution in [0.3, 0.4) is 0 Å². The number of nitrogens with zero attached hydrogens (tertiary/aromatic N) is 1. The predicted molar refractivity (Wildman–Crippen MR) is 95.2 cm³/mol. The molecule has 24 heavy (non-hydrogen) atoms. The van der Waals surface area contributed by atoms with Gasteiger partial charge in [0, 0.05) is 17.7 Å². The zero-order chi connectivity index (χ0) is 17.4. The molecule has 1 atom stereocenters. The smallest absolute Gasteiger partial charge is 0.309 e. The van der Waals surface area contributed by atoms with E-state index in [1.165, 1.54) is 5.56 Å². The van der Waals surface area contributed by atoms with Crippen molar-refractivity contribution in [1.29, 1.82) is 0 Å². The Kier molecular flexibility index (Phi) is 6.91. The van der Waals surface area contributed by atoms with Crippen LogP contribution < -0.4 is 0 Å². The maximum atomic E-state index is 12.5. The summed E-state index contributed by atoms with van der Waals surface area (Å²) in [6.45, 7) is 4.19. The number of hydrogen-bond acceptors (Lipinski definition) is 4. The van der Waals surface area contributed by atoms with Gasteiger partial charge in [-0.2, -0.15) is 0 Å². The van der Waals surface area contributed by atoms with Crippen LogP contribution in [0, 0.1) is 0 Å². The highest BCUT2D eigenvalue weighted by atomic mass is 16.5. The first-order chi connectivity index (χ1) is 11.6. The van der Waals surface area contributed by atoms with E-state index in [2.05, 4.69) is 19.1 Å². The SMILES string of the molecule is CCCC1=NC(Cc2ccccc2)CC(=O)/C1=C/CC(=O)OCC. The van der Waals surface area contributed by atoms with Gasteiger partial charge in [0.25, 0.3) is 0 Å². The van der Waals surface area contributed by atoms with E-state index in [0.29, 0.717) is 18.6 Å². The lowest BCUT2D eigenvalue weighted by atomic mass is 9.90. The monoisotopic (exact) mass is 327 g/mol. The number of hydrogen-bond donors (Lipinski definition) is 0. The molecule has 1 aliphatic rings. The van der Waals surface area contributed by atoms with E-state index in [1.807, 2.05) is 18.2 Å². The molecule has 0 N–H and O–H groups in total. The second-order valence-electron chi connectivity index (χ2n) is 5.92. The Balaban J connectivity index is 2.15. The average molecular weight is 327 g/mol. The summed E-state index contributed by atoms with van der Waals surface area (Å²) >= 11 is 0. The normalized spacial score (nSPS) is 19.2. The van der Waals surface area contributed by atoms with E-state index in [4.69, 9.17) is 9.73 Å². The average Bonchev–Trinajstić information content (AvgIpc) is 2.55. The van der Waals surface area contributed by atoms with Crippen molar-refractivity contribution in [2.75, 3.05) is 6.61 Å². The van der Waals surface area contributed by atoms with Gasteiger partial charge in [-0.05, 0) is 25.3 Å². The fourth-order valence-corrected chi connectivity index (χ4v) is 2.90. The van der Waals surface area contributed by atoms with Crippen LogP contribution in [0.1, 0.15) is 45.1 Å². The van der Waals surface area contributed by atoms with E-state index in [-0.39, 0.29) is 24.2 Å². The Labute approximate surface area is 143 Å². The molecule has 4 heteroatoms. The number of esters is 1. The summed E-state index contributed by atoms with van der Waals surface area (Å²) in [4.78, 5) is 28.9. The first kappa shape index (κ1) is 18.1. The summed E-state index contributed by atoms with van der Waals surface area (Å²) in [5, 5.41) is 0. The van der Waals surface area contributed by atoms with Crippen LogP contribution >= 0.6 is 0 Å². The molecule has 0 saturated carbocycles. The number of ether oxygens (including phenoxy) is 1. The van der Waals surface area contributed by atoms with Crippen molar-refractivity contribution in [2.24, 2.45) is 4.99 Å². The third-order valence-corrected chi connectivity index (χ3v) is 3.95. The Morgan fingerprint density at radius 1 is 1.29 bits per heavy atom. The summed E-state index contributed by atoms with van der Waals surface area (Å²) < 4.78 is 4.93. The minimum absolute atomic E-state index is 0.0128. The van der Waals surface area contributed by atoms with E-state index in [9.17, 15) is 9.59 Å². The van der Waals surface area contributed by atoms with Crippen LogP contribution in [0.2, 0.25) is 0 Å². The van der Waals surface area contributed by atoms with Crippen molar-refractivity contribution in [3.63, 3.8) is 0 Å². The molecular weight excluding hydrogens is 302 g/mol. The fourth-order valence-electron chi connectivity index (χ4n) is 2.90. The molecule has 0 radical (unpaired) electrons. The van der Waals surface area contributed by atoms with E-state index in [1.54, 1.807) is 13.0 Å². The molecule has 0 bridgehead atoms. The van der Waals surface area contributed by atoms with Gasteiger partial charge in [0.1, 0.15) is 0 Å². The first-order valence-corrected chi connectivity index (χ1v) is 8.64. The minimum atomic E-state index is -0.306. The van der Waals surface area contributed by atoms with Crippen molar-refractivity contribution in [1.82, 2.24) is 0 Å². The Hall–Kier alpha value is -2.23. The molecular formula is C20H25NO3. The zero-order valence-corrected chi connectivity index (χ0v) is 14.5. The number of ketones is 1. The molecule has 0 fully saturated rings. The van der Waals surface area contributed by atoms with Gasteiger partial charge in [-0.15, -0.1) is 0 Å². The standard InChI is InChI=1S/C20H25NO3/c1-3-8-18-17(11-12-20(23)24-4-2)19(22)14-16(21-18)13-15-9-6-5-7-10-15/h5-7,9-11,16H,3-4,8,12-14H2,1-2H3/b17-11+. The van der Waals surface area contributed by atoms with Gasteiger partial charge in [-0.1, -0.05) is 49.8 Å². The molecule has 1 unspecified atom stereocenters. The van der Waals surface area contributed by atoms with Crippen molar-refractivity contribution < 1.29 is 14.3 Å². The highest BCUT2D eigenvalue weighted by Crippen LogP contribution is 2.22. The quantitative estimate of drug-likeness (QED) is 0.567. The van der Waals surface area contributed by atoms with Crippen molar-refractivity contribution >= 4 is 17.5 Å². The minimum Gasteiger partial charge on any atom is -0.466 e. The largest absolute Gasteiger partial charge is 0.466 e. The van der Waals surface area contributed by atoms with Gasteiger partial charge in [0.05, 0.1) is 19.1 Å². The van der Waals surface area contributed by atoms with Gasteiger partial charge < -0.3 is 4.74 Å². The van der Waals surface area contributed by atoms with Crippen LogP contribution in [0.15, 0.2) is 47.0 Å². The number of allylic oxidation sites excluding steroid dienone is 1. The third kappa shape index (κ3) is 5.15. The summed E-state index contributed by atoms with van der Waals surface area (Å²) in [6, 6.07) is 10.1. The number of benzene rings is 1. The molecule has 1 heterocycles. The molecule has 1 aromatic rings. The van der Waals surface area contributed by atoms with Crippen LogP contribution in [-0.2, 0) is 20.7 Å². The summed E-state index contributed by atoms with van der Waals surface area (Å²) in [7, 11) is 0. The van der Waals surface area contributed by atoms with Crippen molar-refractivity contribution in [2.45, 2.75) is 52.0 Å². The summed E-state index contributed by atoms with van der Waals surface area (Å²) in [6.07, 6.45) is 4.66. The lowest BCUT2D eigenvalue weighted by molar-refractivity contribution is -0.142. The number of carbonyl (C=O) groups is 2. The molecule has 0 spiro atoms. The second-order valence-corrected chi connectivity index (χ2v) is 5.92. The van der Waals surface area contributed by atoms with Gasteiger partial charge in [-0.3, -0.25) is 14.6 Å². The highest BCUT2D eigenvalue weighted by molar-refractivity contribution is 6.23. The third-order valence-electron chi connectivity index (χ3n) is 3.95. The van der Waals surface area contributed by atoms with Gasteiger partial charge >= 0.3 is 5.97 Å².